The number of ether oxygens (including phenoxy) is 4. The molecule has 5 nitrogen and oxygen atoms in total. The van der Waals surface area contributed by atoms with E-state index in [1.165, 1.54) is 0 Å². The summed E-state index contributed by atoms with van der Waals surface area (Å²) in [6.07, 6.45) is 0. The van der Waals surface area contributed by atoms with Crippen LogP contribution in [0.5, 0.6) is 0 Å². The Kier molecular flexibility index (Phi) is 12.7. The summed E-state index contributed by atoms with van der Waals surface area (Å²) in [5, 5.41) is 3.36. The Hall–Kier alpha value is -0.200. The lowest BCUT2D eigenvalue weighted by atomic mass is 10.1. The zero-order valence-corrected chi connectivity index (χ0v) is 13.0. The van der Waals surface area contributed by atoms with Crippen molar-refractivity contribution in [1.82, 2.24) is 5.32 Å². The summed E-state index contributed by atoms with van der Waals surface area (Å²) in [6.45, 7) is 14.5. The van der Waals surface area contributed by atoms with E-state index >= 15 is 0 Å². The predicted molar refractivity (Wildman–Crippen MR) is 76.7 cm³/mol. The van der Waals surface area contributed by atoms with Gasteiger partial charge in [-0.2, -0.15) is 0 Å². The summed E-state index contributed by atoms with van der Waals surface area (Å²) in [4.78, 5) is 0. The van der Waals surface area contributed by atoms with Gasteiger partial charge in [-0.15, -0.1) is 0 Å². The van der Waals surface area contributed by atoms with Crippen molar-refractivity contribution in [3.63, 3.8) is 0 Å². The Bertz CT molecular complexity index is 183. The normalized spacial score (nSPS) is 12.0. The Balaban J connectivity index is 2.99. The SMILES string of the molecule is CCOCCOCCOCCOCCNC(C)(C)C. The molecule has 0 rings (SSSR count). The van der Waals surface area contributed by atoms with Gasteiger partial charge in [0, 0.05) is 18.7 Å². The van der Waals surface area contributed by atoms with E-state index in [9.17, 15) is 0 Å². The third kappa shape index (κ3) is 17.8. The summed E-state index contributed by atoms with van der Waals surface area (Å²) in [5.74, 6) is 0. The van der Waals surface area contributed by atoms with Crippen LogP contribution in [0.3, 0.4) is 0 Å². The first-order valence-corrected chi connectivity index (χ1v) is 7.12. The van der Waals surface area contributed by atoms with Crippen LogP contribution in [0.2, 0.25) is 0 Å². The molecule has 0 fully saturated rings. The summed E-state index contributed by atoms with van der Waals surface area (Å²) in [6, 6.07) is 0. The molecule has 0 aliphatic heterocycles. The van der Waals surface area contributed by atoms with Gasteiger partial charge in [0.2, 0.25) is 0 Å². The first-order chi connectivity index (χ1) is 9.06. The monoisotopic (exact) mass is 277 g/mol. The molecule has 0 radical (unpaired) electrons. The molecule has 1 N–H and O–H groups in total. The Labute approximate surface area is 117 Å². The van der Waals surface area contributed by atoms with E-state index < -0.39 is 0 Å². The van der Waals surface area contributed by atoms with Crippen molar-refractivity contribution in [3.05, 3.63) is 0 Å². The van der Waals surface area contributed by atoms with Crippen LogP contribution in [0.15, 0.2) is 0 Å². The average Bonchev–Trinajstić information content (AvgIpc) is 2.34. The van der Waals surface area contributed by atoms with Crippen molar-refractivity contribution in [2.24, 2.45) is 0 Å². The van der Waals surface area contributed by atoms with E-state index in [1.54, 1.807) is 0 Å². The molecule has 0 saturated carbocycles. The van der Waals surface area contributed by atoms with Gasteiger partial charge in [0.1, 0.15) is 0 Å². The molecule has 0 aliphatic carbocycles. The van der Waals surface area contributed by atoms with Crippen molar-refractivity contribution in [1.29, 1.82) is 0 Å². The minimum atomic E-state index is 0.151. The van der Waals surface area contributed by atoms with Crippen molar-refractivity contribution in [3.8, 4) is 0 Å². The van der Waals surface area contributed by atoms with E-state index in [0.29, 0.717) is 46.2 Å². The van der Waals surface area contributed by atoms with Crippen molar-refractivity contribution in [2.45, 2.75) is 33.2 Å². The quantitative estimate of drug-likeness (QED) is 0.517. The zero-order valence-electron chi connectivity index (χ0n) is 13.0. The van der Waals surface area contributed by atoms with Crippen LogP contribution in [0.25, 0.3) is 0 Å². The highest BCUT2D eigenvalue weighted by Gasteiger charge is 2.06. The maximum Gasteiger partial charge on any atom is 0.0701 e. The summed E-state index contributed by atoms with van der Waals surface area (Å²) in [5.41, 5.74) is 0.151. The van der Waals surface area contributed by atoms with Gasteiger partial charge in [-0.25, -0.2) is 0 Å². The fourth-order valence-corrected chi connectivity index (χ4v) is 1.30. The topological polar surface area (TPSA) is 49.0 Å². The van der Waals surface area contributed by atoms with Crippen molar-refractivity contribution < 1.29 is 18.9 Å². The molecule has 0 aromatic carbocycles. The molecular weight excluding hydrogens is 246 g/mol. The molecule has 0 saturated heterocycles. The first-order valence-electron chi connectivity index (χ1n) is 7.12. The van der Waals surface area contributed by atoms with Crippen LogP contribution in [0, 0.1) is 0 Å². The van der Waals surface area contributed by atoms with Gasteiger partial charge in [-0.3, -0.25) is 0 Å². The molecule has 5 heteroatoms. The second-order valence-corrected chi connectivity index (χ2v) is 5.21. The third-order valence-corrected chi connectivity index (χ3v) is 2.22. The molecule has 0 amide bonds. The number of hydrogen-bond donors (Lipinski definition) is 1. The fraction of sp³-hybridized carbons (Fsp3) is 1.00. The molecule has 0 heterocycles. The Morgan fingerprint density at radius 3 is 1.53 bits per heavy atom. The van der Waals surface area contributed by atoms with Crippen LogP contribution in [-0.4, -0.2) is 64.9 Å². The number of nitrogens with one attached hydrogen (secondary N) is 1. The molecule has 0 unspecified atom stereocenters. The molecule has 19 heavy (non-hydrogen) atoms. The van der Waals surface area contributed by atoms with Gasteiger partial charge in [-0.1, -0.05) is 0 Å². The lowest BCUT2D eigenvalue weighted by Crippen LogP contribution is -2.38. The van der Waals surface area contributed by atoms with Crippen molar-refractivity contribution >= 4 is 0 Å². The smallest absolute Gasteiger partial charge is 0.0701 e. The number of rotatable bonds is 13. The summed E-state index contributed by atoms with van der Waals surface area (Å²) >= 11 is 0. The molecule has 0 atom stereocenters. The minimum Gasteiger partial charge on any atom is -0.379 e. The van der Waals surface area contributed by atoms with E-state index in [4.69, 9.17) is 18.9 Å². The second-order valence-electron chi connectivity index (χ2n) is 5.21. The highest BCUT2D eigenvalue weighted by Crippen LogP contribution is 1.96. The van der Waals surface area contributed by atoms with Gasteiger partial charge in [0.25, 0.3) is 0 Å². The van der Waals surface area contributed by atoms with E-state index in [-0.39, 0.29) is 5.54 Å². The predicted octanol–water partition coefficient (Wildman–Crippen LogP) is 1.46. The maximum absolute atomic E-state index is 5.44. The van der Waals surface area contributed by atoms with Crippen LogP contribution < -0.4 is 5.32 Å². The van der Waals surface area contributed by atoms with Gasteiger partial charge in [-0.05, 0) is 27.7 Å². The fourth-order valence-electron chi connectivity index (χ4n) is 1.30. The van der Waals surface area contributed by atoms with E-state index in [1.807, 2.05) is 6.92 Å². The van der Waals surface area contributed by atoms with Crippen LogP contribution in [0.4, 0.5) is 0 Å². The zero-order chi connectivity index (χ0) is 14.4. The first kappa shape index (κ1) is 18.8. The maximum atomic E-state index is 5.44. The van der Waals surface area contributed by atoms with Gasteiger partial charge >= 0.3 is 0 Å². The summed E-state index contributed by atoms with van der Waals surface area (Å²) in [7, 11) is 0. The third-order valence-electron chi connectivity index (χ3n) is 2.22. The molecule has 0 aromatic heterocycles. The molecule has 0 aromatic rings. The molecule has 116 valence electrons. The molecule has 0 bridgehead atoms. The molecular formula is C14H31NO4. The van der Waals surface area contributed by atoms with Crippen LogP contribution in [-0.2, 0) is 18.9 Å². The van der Waals surface area contributed by atoms with Crippen LogP contribution in [0.1, 0.15) is 27.7 Å². The highest BCUT2D eigenvalue weighted by molar-refractivity contribution is 4.69. The molecule has 0 spiro atoms. The standard InChI is InChI=1S/C14H31NO4/c1-5-16-8-9-18-12-13-19-11-10-17-7-6-15-14(2,3)4/h15H,5-13H2,1-4H3. The molecule has 0 aliphatic rings. The van der Waals surface area contributed by atoms with Gasteiger partial charge in [0.05, 0.1) is 46.2 Å². The average molecular weight is 277 g/mol. The lowest BCUT2D eigenvalue weighted by Gasteiger charge is -2.20. The largest absolute Gasteiger partial charge is 0.379 e. The Morgan fingerprint density at radius 1 is 0.684 bits per heavy atom. The van der Waals surface area contributed by atoms with Crippen LogP contribution >= 0.6 is 0 Å². The van der Waals surface area contributed by atoms with Gasteiger partial charge < -0.3 is 24.3 Å². The van der Waals surface area contributed by atoms with Crippen molar-refractivity contribution in [2.75, 3.05) is 59.4 Å². The minimum absolute atomic E-state index is 0.151. The van der Waals surface area contributed by atoms with Gasteiger partial charge in [0.15, 0.2) is 0 Å². The highest BCUT2D eigenvalue weighted by atomic mass is 16.6. The van der Waals surface area contributed by atoms with E-state index in [0.717, 1.165) is 13.2 Å². The summed E-state index contributed by atoms with van der Waals surface area (Å²) < 4.78 is 21.3. The second kappa shape index (κ2) is 12.8. The lowest BCUT2D eigenvalue weighted by molar-refractivity contribution is -0.000414. The number of hydrogen-bond acceptors (Lipinski definition) is 5. The Morgan fingerprint density at radius 2 is 1.11 bits per heavy atom. The van der Waals surface area contributed by atoms with E-state index in [2.05, 4.69) is 26.1 Å².